The van der Waals surface area contributed by atoms with Crippen molar-refractivity contribution in [2.45, 2.75) is 32.1 Å². The second-order valence-electron chi connectivity index (χ2n) is 12.8. The lowest BCUT2D eigenvalue weighted by Crippen LogP contribution is -2.38. The van der Waals surface area contributed by atoms with Gasteiger partial charge in [-0.15, -0.1) is 0 Å². The Hall–Kier alpha value is -3.12. The number of morpholine rings is 1. The van der Waals surface area contributed by atoms with Gasteiger partial charge in [0.15, 0.2) is 12.5 Å². The second kappa shape index (κ2) is 12.2. The van der Waals surface area contributed by atoms with Crippen LogP contribution in [-0.4, -0.2) is 80.4 Å². The van der Waals surface area contributed by atoms with Crippen LogP contribution in [0.15, 0.2) is 42.5 Å². The molecule has 1 amide bonds. The highest BCUT2D eigenvalue weighted by molar-refractivity contribution is 6.40. The maximum Gasteiger partial charge on any atom is 0.259 e. The first kappa shape index (κ1) is 31.5. The van der Waals surface area contributed by atoms with Gasteiger partial charge >= 0.3 is 0 Å². The number of halogens is 3. The van der Waals surface area contributed by atoms with Crippen molar-refractivity contribution >= 4 is 40.5 Å². The number of carbonyl (C=O) groups excluding carboxylic acids is 1. The van der Waals surface area contributed by atoms with Crippen LogP contribution in [0.4, 0.5) is 15.8 Å². The van der Waals surface area contributed by atoms with Crippen molar-refractivity contribution in [1.29, 1.82) is 0 Å². The van der Waals surface area contributed by atoms with Gasteiger partial charge in [-0.3, -0.25) is 4.79 Å². The molecule has 1 spiro atoms. The Morgan fingerprint density at radius 3 is 2.41 bits per heavy atom. The molecule has 1 unspecified atom stereocenters. The molecule has 2 N–H and O–H groups in total. The zero-order valence-corrected chi connectivity index (χ0v) is 27.0. The SMILES string of the molecule is CC(O)(O)c1cc(F)c(-c2cccc3c2OCN(C(=O)c2c(Cl)cc(N4CCC5(CCOC5)C4)cc2Cl)C3)cc1N1CCOCC1. The Morgan fingerprint density at radius 1 is 0.957 bits per heavy atom. The number of fused-ring (bicyclic) bond motifs is 1. The molecule has 4 heterocycles. The van der Waals surface area contributed by atoms with E-state index in [2.05, 4.69) is 4.90 Å². The van der Waals surface area contributed by atoms with Gasteiger partial charge in [-0.1, -0.05) is 41.4 Å². The van der Waals surface area contributed by atoms with E-state index in [1.54, 1.807) is 30.3 Å². The predicted molar refractivity (Wildman–Crippen MR) is 173 cm³/mol. The zero-order chi connectivity index (χ0) is 32.2. The molecular weight excluding hydrogens is 636 g/mol. The molecule has 4 aliphatic heterocycles. The highest BCUT2D eigenvalue weighted by Crippen LogP contribution is 2.44. The normalized spacial score (nSPS) is 21.6. The number of para-hydroxylation sites is 1. The summed E-state index contributed by atoms with van der Waals surface area (Å²) in [7, 11) is 0. The Balaban J connectivity index is 1.15. The number of rotatable bonds is 5. The monoisotopic (exact) mass is 671 g/mol. The average molecular weight is 673 g/mol. The van der Waals surface area contributed by atoms with E-state index in [-0.39, 0.29) is 51.3 Å². The van der Waals surface area contributed by atoms with Crippen molar-refractivity contribution in [2.75, 3.05) is 69.1 Å². The molecule has 3 fully saturated rings. The third-order valence-corrected chi connectivity index (χ3v) is 10.2. The number of benzene rings is 3. The summed E-state index contributed by atoms with van der Waals surface area (Å²) in [4.78, 5) is 19.5. The van der Waals surface area contributed by atoms with Crippen LogP contribution in [0.3, 0.4) is 0 Å². The largest absolute Gasteiger partial charge is 0.472 e. The first-order valence-electron chi connectivity index (χ1n) is 15.5. The van der Waals surface area contributed by atoms with Gasteiger partial charge < -0.3 is 39.1 Å². The van der Waals surface area contributed by atoms with Crippen LogP contribution >= 0.6 is 23.2 Å². The minimum Gasteiger partial charge on any atom is -0.472 e. The van der Waals surface area contributed by atoms with E-state index in [4.69, 9.17) is 37.4 Å². The second-order valence-corrected chi connectivity index (χ2v) is 13.6. The lowest BCUT2D eigenvalue weighted by molar-refractivity contribution is -0.152. The minimum atomic E-state index is -2.25. The number of ether oxygens (including phenoxy) is 3. The highest BCUT2D eigenvalue weighted by atomic mass is 35.5. The lowest BCUT2D eigenvalue weighted by atomic mass is 9.87. The fourth-order valence-corrected chi connectivity index (χ4v) is 7.70. The number of carbonyl (C=O) groups is 1. The highest BCUT2D eigenvalue weighted by Gasteiger charge is 2.42. The van der Waals surface area contributed by atoms with E-state index in [1.807, 2.05) is 11.0 Å². The van der Waals surface area contributed by atoms with Gasteiger partial charge in [-0.05, 0) is 44.0 Å². The van der Waals surface area contributed by atoms with Crippen LogP contribution in [0.1, 0.15) is 41.3 Å². The van der Waals surface area contributed by atoms with Crippen molar-refractivity contribution in [3.05, 3.63) is 75.0 Å². The van der Waals surface area contributed by atoms with Gasteiger partial charge in [0.25, 0.3) is 5.91 Å². The molecule has 4 aliphatic rings. The van der Waals surface area contributed by atoms with Gasteiger partial charge in [0.1, 0.15) is 11.6 Å². The molecular formula is C34H36Cl2FN3O6. The maximum atomic E-state index is 15.7. The lowest BCUT2D eigenvalue weighted by Gasteiger charge is -2.34. The standard InChI is InChI=1S/C34H36Cl2FN3O6/c1-33(42,43)25-16-28(37)24(15-29(25)38-8-11-44-12-9-38)23-4-2-3-21-17-40(20-46-31(21)23)32(41)30-26(35)13-22(14-27(30)36)39-7-5-34(18-39)6-10-45-19-34/h2-4,13-16,42-43H,5-12,17-20H2,1H3. The zero-order valence-electron chi connectivity index (χ0n) is 25.5. The van der Waals surface area contributed by atoms with Crippen molar-refractivity contribution in [3.63, 3.8) is 0 Å². The number of nitrogens with zero attached hydrogens (tertiary/aromatic N) is 3. The van der Waals surface area contributed by atoms with Gasteiger partial charge in [-0.25, -0.2) is 4.39 Å². The molecule has 1 atom stereocenters. The van der Waals surface area contributed by atoms with E-state index >= 15 is 4.39 Å². The average Bonchev–Trinajstić information content (AvgIpc) is 3.69. The Morgan fingerprint density at radius 2 is 1.72 bits per heavy atom. The van der Waals surface area contributed by atoms with Crippen molar-refractivity contribution < 1.29 is 33.6 Å². The molecule has 3 saturated heterocycles. The van der Waals surface area contributed by atoms with E-state index in [0.717, 1.165) is 50.9 Å². The van der Waals surface area contributed by atoms with Gasteiger partial charge in [0.05, 0.1) is 42.0 Å². The van der Waals surface area contributed by atoms with Crippen LogP contribution in [0.25, 0.3) is 11.1 Å². The van der Waals surface area contributed by atoms with Crippen LogP contribution < -0.4 is 14.5 Å². The molecule has 46 heavy (non-hydrogen) atoms. The Labute approximate surface area is 277 Å². The topological polar surface area (TPSA) is 94.9 Å². The number of aliphatic hydroxyl groups is 2. The third kappa shape index (κ3) is 5.80. The van der Waals surface area contributed by atoms with Crippen molar-refractivity contribution in [3.8, 4) is 16.9 Å². The fraction of sp³-hybridized carbons (Fsp3) is 0.441. The van der Waals surface area contributed by atoms with E-state index < -0.39 is 11.6 Å². The fourth-order valence-electron chi connectivity index (χ4n) is 7.06. The van der Waals surface area contributed by atoms with Gasteiger partial charge in [0.2, 0.25) is 0 Å². The summed E-state index contributed by atoms with van der Waals surface area (Å²) in [6.45, 7) is 6.59. The first-order valence-corrected chi connectivity index (χ1v) is 16.3. The summed E-state index contributed by atoms with van der Waals surface area (Å²) >= 11 is 13.4. The van der Waals surface area contributed by atoms with E-state index in [9.17, 15) is 15.0 Å². The number of hydrogen-bond donors (Lipinski definition) is 2. The summed E-state index contributed by atoms with van der Waals surface area (Å²) in [5, 5.41) is 21.4. The van der Waals surface area contributed by atoms with Crippen LogP contribution in [0.2, 0.25) is 10.0 Å². The Bertz CT molecular complexity index is 1650. The molecule has 0 aliphatic carbocycles. The first-order chi connectivity index (χ1) is 22.0. The molecule has 0 radical (unpaired) electrons. The quantitative estimate of drug-likeness (QED) is 0.348. The smallest absolute Gasteiger partial charge is 0.259 e. The van der Waals surface area contributed by atoms with Gasteiger partial charge in [-0.2, -0.15) is 0 Å². The molecule has 0 aromatic heterocycles. The van der Waals surface area contributed by atoms with Crippen LogP contribution in [0.5, 0.6) is 5.75 Å². The number of hydrogen-bond acceptors (Lipinski definition) is 8. The molecule has 0 bridgehead atoms. The number of anilines is 2. The molecule has 7 rings (SSSR count). The van der Waals surface area contributed by atoms with Crippen molar-refractivity contribution in [1.82, 2.24) is 4.90 Å². The maximum absolute atomic E-state index is 15.7. The molecule has 0 saturated carbocycles. The molecule has 12 heteroatoms. The third-order valence-electron chi connectivity index (χ3n) is 9.58. The molecule has 9 nitrogen and oxygen atoms in total. The summed E-state index contributed by atoms with van der Waals surface area (Å²) in [6, 6.07) is 11.7. The number of amides is 1. The summed E-state index contributed by atoms with van der Waals surface area (Å²) in [6.07, 6.45) is 2.08. The summed E-state index contributed by atoms with van der Waals surface area (Å²) in [5.74, 6) is -2.79. The Kier molecular flexibility index (Phi) is 8.32. The van der Waals surface area contributed by atoms with Crippen molar-refractivity contribution in [2.24, 2.45) is 5.41 Å². The summed E-state index contributed by atoms with van der Waals surface area (Å²) < 4.78 is 33.0. The van der Waals surface area contributed by atoms with E-state index in [0.29, 0.717) is 48.9 Å². The van der Waals surface area contributed by atoms with Crippen LogP contribution in [-0.2, 0) is 21.8 Å². The van der Waals surface area contributed by atoms with E-state index in [1.165, 1.54) is 11.8 Å². The summed E-state index contributed by atoms with van der Waals surface area (Å²) in [5.41, 5.74) is 3.26. The minimum absolute atomic E-state index is 0.0645. The van der Waals surface area contributed by atoms with Gasteiger partial charge in [0, 0.05) is 71.8 Å². The predicted octanol–water partition coefficient (Wildman–Crippen LogP) is 5.40. The molecule has 244 valence electrons. The van der Waals surface area contributed by atoms with Crippen LogP contribution in [0, 0.1) is 11.2 Å². The molecule has 3 aromatic carbocycles. The molecule has 3 aromatic rings.